The lowest BCUT2D eigenvalue weighted by Crippen LogP contribution is -2.51. The van der Waals surface area contributed by atoms with Crippen LogP contribution in [-0.4, -0.2) is 39.5 Å². The van der Waals surface area contributed by atoms with Crippen LogP contribution >= 0.6 is 0 Å². The molecule has 9 heteroatoms. The number of aromatic nitrogens is 3. The third-order valence-electron chi connectivity index (χ3n) is 6.45. The van der Waals surface area contributed by atoms with Gasteiger partial charge in [0.1, 0.15) is 29.3 Å². The Labute approximate surface area is 216 Å². The normalized spacial score (nSPS) is 12.4. The maximum Gasteiger partial charge on any atom is 0.251 e. The van der Waals surface area contributed by atoms with Crippen LogP contribution in [0.4, 0.5) is 5.69 Å². The molecule has 0 saturated heterocycles. The number of furan rings is 1. The second kappa shape index (κ2) is 10.5. The van der Waals surface area contributed by atoms with E-state index in [1.54, 1.807) is 25.1 Å². The summed E-state index contributed by atoms with van der Waals surface area (Å²) in [5.74, 6) is 0.707. The summed E-state index contributed by atoms with van der Waals surface area (Å²) in [6.45, 7) is 9.46. The van der Waals surface area contributed by atoms with Crippen molar-refractivity contribution in [1.29, 1.82) is 0 Å². The van der Waals surface area contributed by atoms with Crippen molar-refractivity contribution in [3.05, 3.63) is 71.7 Å². The molecule has 1 atom stereocenters. The van der Waals surface area contributed by atoms with Crippen LogP contribution in [0.1, 0.15) is 50.3 Å². The highest BCUT2D eigenvalue weighted by Gasteiger charge is 2.38. The van der Waals surface area contributed by atoms with E-state index in [9.17, 15) is 9.59 Å². The Bertz CT molecular complexity index is 1420. The maximum absolute atomic E-state index is 14.2. The van der Waals surface area contributed by atoms with Crippen LogP contribution in [0.25, 0.3) is 11.0 Å². The minimum absolute atomic E-state index is 0.141. The quantitative estimate of drug-likeness (QED) is 0.354. The predicted octanol–water partition coefficient (Wildman–Crippen LogP) is 4.73. The van der Waals surface area contributed by atoms with E-state index in [4.69, 9.17) is 9.15 Å². The van der Waals surface area contributed by atoms with Gasteiger partial charge < -0.3 is 14.5 Å². The van der Waals surface area contributed by atoms with Crippen molar-refractivity contribution in [2.24, 2.45) is 0 Å². The fraction of sp³-hybridized carbons (Fsp3) is 0.357. The molecule has 9 nitrogen and oxygen atoms in total. The summed E-state index contributed by atoms with van der Waals surface area (Å²) in [6, 6.07) is 15.3. The van der Waals surface area contributed by atoms with Crippen LogP contribution in [0.15, 0.2) is 59.0 Å². The van der Waals surface area contributed by atoms with Gasteiger partial charge in [0.05, 0.1) is 18.3 Å². The Kier molecular flexibility index (Phi) is 7.33. The molecule has 194 valence electrons. The first-order chi connectivity index (χ1) is 17.6. The van der Waals surface area contributed by atoms with Crippen molar-refractivity contribution in [2.45, 2.75) is 59.2 Å². The van der Waals surface area contributed by atoms with E-state index in [0.29, 0.717) is 40.4 Å². The number of para-hydroxylation sites is 1. The molecule has 2 aromatic carbocycles. The molecule has 4 aromatic rings. The molecule has 2 amide bonds. The third kappa shape index (κ3) is 5.50. The van der Waals surface area contributed by atoms with Gasteiger partial charge in [-0.15, -0.1) is 5.10 Å². The molecular formula is C28H33N5O4. The molecule has 1 N–H and O–H groups in total. The summed E-state index contributed by atoms with van der Waals surface area (Å²) in [4.78, 5) is 29.5. The molecule has 0 aliphatic carbocycles. The number of fused-ring (bicyclic) bond motifs is 1. The first-order valence-electron chi connectivity index (χ1n) is 12.3. The zero-order valence-corrected chi connectivity index (χ0v) is 22.1. The number of ether oxygens (including phenoxy) is 1. The summed E-state index contributed by atoms with van der Waals surface area (Å²) in [7, 11) is 1.54. The summed E-state index contributed by atoms with van der Waals surface area (Å²) in [6.07, 6.45) is 0.704. The van der Waals surface area contributed by atoms with Gasteiger partial charge in [0, 0.05) is 5.54 Å². The molecule has 0 saturated carbocycles. The van der Waals surface area contributed by atoms with Crippen LogP contribution in [0.5, 0.6) is 5.75 Å². The number of carbonyl (C=O) groups excluding carboxylic acids is 2. The number of nitrogens with zero attached hydrogens (tertiary/aromatic N) is 4. The number of amides is 2. The number of anilines is 1. The Morgan fingerprint density at radius 2 is 1.89 bits per heavy atom. The van der Waals surface area contributed by atoms with Crippen LogP contribution in [0.3, 0.4) is 0 Å². The summed E-state index contributed by atoms with van der Waals surface area (Å²) >= 11 is 0. The number of methoxy groups -OCH3 is 1. The van der Waals surface area contributed by atoms with Gasteiger partial charge >= 0.3 is 0 Å². The average molecular weight is 504 g/mol. The van der Waals surface area contributed by atoms with E-state index in [-0.39, 0.29) is 18.4 Å². The third-order valence-corrected chi connectivity index (χ3v) is 6.45. The SMILES string of the molecule is CCC(C)(C)NC(=O)[C@@H](c1ccc(C)o1)N(C(=O)Cn1nnc2ccccc21)c1cc(C)ccc1OC. The van der Waals surface area contributed by atoms with Gasteiger partial charge in [0.15, 0.2) is 6.04 Å². The van der Waals surface area contributed by atoms with E-state index >= 15 is 0 Å². The number of benzene rings is 2. The second-order valence-corrected chi connectivity index (χ2v) is 9.75. The lowest BCUT2D eigenvalue weighted by molar-refractivity contribution is -0.128. The van der Waals surface area contributed by atoms with Crippen LogP contribution in [0.2, 0.25) is 0 Å². The Balaban J connectivity index is 1.87. The molecule has 0 radical (unpaired) electrons. The van der Waals surface area contributed by atoms with Crippen molar-refractivity contribution in [3.8, 4) is 5.75 Å². The summed E-state index contributed by atoms with van der Waals surface area (Å²) in [5.41, 5.74) is 2.26. The van der Waals surface area contributed by atoms with Gasteiger partial charge in [-0.25, -0.2) is 4.68 Å². The minimum atomic E-state index is -1.09. The minimum Gasteiger partial charge on any atom is -0.495 e. The molecule has 0 unspecified atom stereocenters. The number of hydrogen-bond acceptors (Lipinski definition) is 6. The van der Waals surface area contributed by atoms with E-state index in [0.717, 1.165) is 5.56 Å². The van der Waals surface area contributed by atoms with E-state index in [1.807, 2.05) is 64.1 Å². The molecule has 0 spiro atoms. The first-order valence-corrected chi connectivity index (χ1v) is 12.3. The van der Waals surface area contributed by atoms with Crippen LogP contribution < -0.4 is 15.0 Å². The molecular weight excluding hydrogens is 470 g/mol. The average Bonchev–Trinajstić information content (AvgIpc) is 3.48. The van der Waals surface area contributed by atoms with Gasteiger partial charge in [-0.1, -0.05) is 30.3 Å². The lowest BCUT2D eigenvalue weighted by Gasteiger charge is -2.34. The van der Waals surface area contributed by atoms with Crippen molar-refractivity contribution in [2.75, 3.05) is 12.0 Å². The maximum atomic E-state index is 14.2. The van der Waals surface area contributed by atoms with Crippen molar-refractivity contribution in [3.63, 3.8) is 0 Å². The molecule has 0 aliphatic rings. The lowest BCUT2D eigenvalue weighted by atomic mass is 10.00. The Morgan fingerprint density at radius 3 is 2.57 bits per heavy atom. The largest absolute Gasteiger partial charge is 0.495 e. The van der Waals surface area contributed by atoms with Crippen LogP contribution in [0, 0.1) is 13.8 Å². The standard InChI is InChI=1S/C28H33N5O4/c1-7-28(4,5)29-27(35)26(24-15-13-19(3)37-24)33(22-16-18(2)12-14-23(22)36-6)25(34)17-32-21-11-9-8-10-20(21)30-31-32/h8-16,26H,7,17H2,1-6H3,(H,29,35)/t26-/m1/s1. The van der Waals surface area contributed by atoms with Crippen molar-refractivity contribution >= 4 is 28.5 Å². The Morgan fingerprint density at radius 1 is 1.14 bits per heavy atom. The molecule has 37 heavy (non-hydrogen) atoms. The first kappa shape index (κ1) is 25.9. The van der Waals surface area contributed by atoms with Gasteiger partial charge in [-0.3, -0.25) is 14.5 Å². The van der Waals surface area contributed by atoms with Crippen molar-refractivity contribution in [1.82, 2.24) is 20.3 Å². The van der Waals surface area contributed by atoms with Crippen LogP contribution in [-0.2, 0) is 16.1 Å². The van der Waals surface area contributed by atoms with Gasteiger partial charge in [-0.05, 0) is 76.1 Å². The van der Waals surface area contributed by atoms with E-state index in [1.165, 1.54) is 16.7 Å². The molecule has 2 aromatic heterocycles. The molecule has 0 aliphatic heterocycles. The molecule has 0 bridgehead atoms. The second-order valence-electron chi connectivity index (χ2n) is 9.75. The number of rotatable bonds is 9. The number of hydrogen-bond donors (Lipinski definition) is 1. The number of nitrogens with one attached hydrogen (secondary N) is 1. The van der Waals surface area contributed by atoms with Crippen molar-refractivity contribution < 1.29 is 18.7 Å². The predicted molar refractivity (Wildman–Crippen MR) is 141 cm³/mol. The Hall–Kier alpha value is -4.14. The smallest absolute Gasteiger partial charge is 0.251 e. The van der Waals surface area contributed by atoms with Gasteiger partial charge in [-0.2, -0.15) is 0 Å². The zero-order valence-electron chi connectivity index (χ0n) is 22.1. The number of carbonyl (C=O) groups is 2. The fourth-order valence-corrected chi connectivity index (χ4v) is 4.11. The van der Waals surface area contributed by atoms with Gasteiger partial charge in [0.25, 0.3) is 5.91 Å². The van der Waals surface area contributed by atoms with E-state index in [2.05, 4.69) is 15.6 Å². The van der Waals surface area contributed by atoms with Gasteiger partial charge in [0.2, 0.25) is 5.91 Å². The molecule has 4 rings (SSSR count). The summed E-state index contributed by atoms with van der Waals surface area (Å²) < 4.78 is 13.1. The topological polar surface area (TPSA) is 102 Å². The molecule has 0 fully saturated rings. The number of aryl methyl sites for hydroxylation is 2. The monoisotopic (exact) mass is 503 g/mol. The molecule has 2 heterocycles. The zero-order chi connectivity index (χ0) is 26.7. The fourth-order valence-electron chi connectivity index (χ4n) is 4.11. The highest BCUT2D eigenvalue weighted by atomic mass is 16.5. The highest BCUT2D eigenvalue weighted by molar-refractivity contribution is 6.02. The highest BCUT2D eigenvalue weighted by Crippen LogP contribution is 2.37. The summed E-state index contributed by atoms with van der Waals surface area (Å²) in [5, 5.41) is 11.5. The van der Waals surface area contributed by atoms with E-state index < -0.39 is 11.6 Å².